The Morgan fingerprint density at radius 2 is 2.12 bits per heavy atom. The summed E-state index contributed by atoms with van der Waals surface area (Å²) in [5, 5.41) is 14.3. The lowest BCUT2D eigenvalue weighted by Gasteiger charge is -2.35. The number of fused-ring (bicyclic) bond motifs is 2. The summed E-state index contributed by atoms with van der Waals surface area (Å²) >= 11 is 1.52. The fraction of sp³-hybridized carbons (Fsp3) is 0.480. The maximum atomic E-state index is 14.7. The zero-order chi connectivity index (χ0) is 23.8. The third-order valence-electron chi connectivity index (χ3n) is 6.21. The van der Waals surface area contributed by atoms with E-state index in [4.69, 9.17) is 4.74 Å². The Hall–Kier alpha value is -2.92. The lowest BCUT2D eigenvalue weighted by molar-refractivity contribution is -0.128. The van der Waals surface area contributed by atoms with Gasteiger partial charge in [-0.1, -0.05) is 18.2 Å². The van der Waals surface area contributed by atoms with Gasteiger partial charge >= 0.3 is 6.09 Å². The average Bonchev–Trinajstić information content (AvgIpc) is 3.50. The minimum Gasteiger partial charge on any atom is -0.444 e. The predicted molar refractivity (Wildman–Crippen MR) is 124 cm³/mol. The van der Waals surface area contributed by atoms with Crippen molar-refractivity contribution < 1.29 is 18.7 Å². The number of nitrogens with one attached hydrogen (secondary N) is 1. The number of piperidine rings is 1. The van der Waals surface area contributed by atoms with Crippen molar-refractivity contribution in [1.82, 2.24) is 10.2 Å². The number of carbonyl (C=O) groups is 2. The number of rotatable bonds is 5. The molecule has 6 nitrogen and oxygen atoms in total. The van der Waals surface area contributed by atoms with E-state index < -0.39 is 29.6 Å². The van der Waals surface area contributed by atoms with E-state index in [1.807, 2.05) is 23.6 Å². The largest absolute Gasteiger partial charge is 0.444 e. The first-order valence-corrected chi connectivity index (χ1v) is 12.1. The maximum absolute atomic E-state index is 14.7. The van der Waals surface area contributed by atoms with Crippen LogP contribution in [0.2, 0.25) is 0 Å². The number of hydrogen-bond acceptors (Lipinski definition) is 5. The van der Waals surface area contributed by atoms with E-state index in [0.717, 1.165) is 29.7 Å². The van der Waals surface area contributed by atoms with Crippen molar-refractivity contribution in [3.63, 3.8) is 0 Å². The fourth-order valence-corrected chi connectivity index (χ4v) is 5.54. The highest BCUT2D eigenvalue weighted by atomic mass is 32.1. The van der Waals surface area contributed by atoms with Gasteiger partial charge in [-0.3, -0.25) is 9.69 Å². The van der Waals surface area contributed by atoms with Crippen LogP contribution >= 0.6 is 11.3 Å². The molecule has 2 fully saturated rings. The molecule has 4 rings (SSSR count). The Morgan fingerprint density at radius 1 is 1.33 bits per heavy atom. The molecule has 1 saturated heterocycles. The Kier molecular flexibility index (Phi) is 6.44. The van der Waals surface area contributed by atoms with Crippen molar-refractivity contribution in [2.45, 2.75) is 70.2 Å². The third kappa shape index (κ3) is 5.03. The van der Waals surface area contributed by atoms with Crippen molar-refractivity contribution in [3.05, 3.63) is 47.1 Å². The molecule has 1 aromatic heterocycles. The Morgan fingerprint density at radius 3 is 2.76 bits per heavy atom. The molecular weight excluding hydrogens is 441 g/mol. The zero-order valence-corrected chi connectivity index (χ0v) is 19.8. The highest BCUT2D eigenvalue weighted by Crippen LogP contribution is 2.43. The van der Waals surface area contributed by atoms with E-state index in [1.165, 1.54) is 17.4 Å². The summed E-state index contributed by atoms with van der Waals surface area (Å²) in [7, 11) is 0. The molecule has 174 valence electrons. The van der Waals surface area contributed by atoms with Crippen LogP contribution in [0, 0.1) is 23.1 Å². The monoisotopic (exact) mass is 469 g/mol. The first-order valence-electron chi connectivity index (χ1n) is 11.2. The van der Waals surface area contributed by atoms with E-state index in [9.17, 15) is 19.2 Å². The molecule has 1 aliphatic carbocycles. The minimum absolute atomic E-state index is 0.0247. The summed E-state index contributed by atoms with van der Waals surface area (Å²) < 4.78 is 20.3. The summed E-state index contributed by atoms with van der Waals surface area (Å²) in [6.45, 7) is 5.37. The van der Waals surface area contributed by atoms with Gasteiger partial charge in [-0.15, -0.1) is 11.3 Å². The number of nitriles is 1. The summed E-state index contributed by atoms with van der Waals surface area (Å²) in [5.41, 5.74) is 0.472. The van der Waals surface area contributed by atoms with Crippen molar-refractivity contribution in [2.24, 2.45) is 5.92 Å². The molecule has 2 heterocycles. The second-order valence-corrected chi connectivity index (χ2v) is 10.7. The van der Waals surface area contributed by atoms with Gasteiger partial charge in [0.1, 0.15) is 23.5 Å². The van der Waals surface area contributed by atoms with Crippen LogP contribution in [0.1, 0.15) is 45.6 Å². The quantitative estimate of drug-likeness (QED) is 0.676. The van der Waals surface area contributed by atoms with Crippen molar-refractivity contribution in [2.75, 3.05) is 0 Å². The second-order valence-electron chi connectivity index (χ2n) is 9.74. The number of carbonyl (C=O) groups excluding carboxylic acids is 2. The van der Waals surface area contributed by atoms with Gasteiger partial charge in [0.15, 0.2) is 0 Å². The average molecular weight is 470 g/mol. The second kappa shape index (κ2) is 9.14. The van der Waals surface area contributed by atoms with Crippen LogP contribution in [0.25, 0.3) is 10.4 Å². The summed E-state index contributed by atoms with van der Waals surface area (Å²) in [6.07, 6.45) is 2.01. The molecule has 2 aliphatic rings. The van der Waals surface area contributed by atoms with Gasteiger partial charge in [-0.25, -0.2) is 9.18 Å². The van der Waals surface area contributed by atoms with Gasteiger partial charge in [0.25, 0.3) is 0 Å². The highest BCUT2D eigenvalue weighted by molar-refractivity contribution is 7.13. The lowest BCUT2D eigenvalue weighted by atomic mass is 9.97. The molecule has 1 saturated carbocycles. The standard InChI is InChI=1S/C25H28FN3O3S/c1-25(2,3)32-24(31)29-19-9-8-17(12-19)22(29)23(30)28-18(14-27)11-15-6-7-16(13-20(15)26)21-5-4-10-33-21/h4-7,10,13,17-19,22H,8-9,11-12H2,1-3H3,(H,28,30)/t17-,18?,19+,22-/m0/s1. The number of halogens is 1. The summed E-state index contributed by atoms with van der Waals surface area (Å²) in [6, 6.07) is 9.24. The molecular formula is C25H28FN3O3S. The maximum Gasteiger partial charge on any atom is 0.411 e. The number of thiophene rings is 1. The van der Waals surface area contributed by atoms with Gasteiger partial charge in [-0.05, 0) is 74.6 Å². The van der Waals surface area contributed by atoms with Gasteiger partial charge in [0, 0.05) is 17.3 Å². The summed E-state index contributed by atoms with van der Waals surface area (Å²) in [4.78, 5) is 28.5. The molecule has 0 radical (unpaired) electrons. The smallest absolute Gasteiger partial charge is 0.411 e. The molecule has 1 N–H and O–H groups in total. The SMILES string of the molecule is CC(C)(C)OC(=O)N1[C@@H]2CC[C@@H](C2)[C@H]1C(=O)NC(C#N)Cc1ccc(-c2cccs2)cc1F. The van der Waals surface area contributed by atoms with E-state index in [1.54, 1.807) is 31.7 Å². The van der Waals surface area contributed by atoms with Crippen LogP contribution in [-0.4, -0.2) is 40.6 Å². The molecule has 2 bridgehead atoms. The number of ether oxygens (including phenoxy) is 1. The van der Waals surface area contributed by atoms with Crippen LogP contribution in [0.5, 0.6) is 0 Å². The highest BCUT2D eigenvalue weighted by Gasteiger charge is 2.52. The van der Waals surface area contributed by atoms with Gasteiger partial charge < -0.3 is 10.1 Å². The van der Waals surface area contributed by atoms with E-state index in [-0.39, 0.29) is 24.3 Å². The lowest BCUT2D eigenvalue weighted by Crippen LogP contribution is -2.55. The van der Waals surface area contributed by atoms with E-state index in [2.05, 4.69) is 11.4 Å². The van der Waals surface area contributed by atoms with Gasteiger partial charge in [-0.2, -0.15) is 5.26 Å². The molecule has 1 aliphatic heterocycles. The Bertz CT molecular complexity index is 1070. The van der Waals surface area contributed by atoms with Gasteiger partial charge in [0.2, 0.25) is 5.91 Å². The number of nitrogens with zero attached hydrogens (tertiary/aromatic N) is 2. The predicted octanol–water partition coefficient (Wildman–Crippen LogP) is 4.89. The van der Waals surface area contributed by atoms with Crippen molar-refractivity contribution in [3.8, 4) is 16.5 Å². The number of likely N-dealkylation sites (tertiary alicyclic amines) is 1. The number of hydrogen-bond donors (Lipinski definition) is 1. The van der Waals surface area contributed by atoms with Crippen LogP contribution in [0.15, 0.2) is 35.7 Å². The number of benzene rings is 1. The van der Waals surface area contributed by atoms with Gasteiger partial charge in [0.05, 0.1) is 6.07 Å². The molecule has 0 spiro atoms. The van der Waals surface area contributed by atoms with Crippen molar-refractivity contribution in [1.29, 1.82) is 5.26 Å². The van der Waals surface area contributed by atoms with Crippen LogP contribution in [0.4, 0.5) is 9.18 Å². The normalized spacial score (nSPS) is 22.6. The first-order chi connectivity index (χ1) is 15.7. The Balaban J connectivity index is 1.45. The minimum atomic E-state index is -0.904. The number of amides is 2. The molecule has 2 aromatic rings. The van der Waals surface area contributed by atoms with Crippen LogP contribution < -0.4 is 5.32 Å². The topological polar surface area (TPSA) is 82.4 Å². The zero-order valence-electron chi connectivity index (χ0n) is 19.0. The van der Waals surface area contributed by atoms with E-state index in [0.29, 0.717) is 5.56 Å². The summed E-state index contributed by atoms with van der Waals surface area (Å²) in [5.74, 6) is -0.746. The molecule has 1 unspecified atom stereocenters. The first kappa shape index (κ1) is 23.2. The molecule has 1 aromatic carbocycles. The van der Waals surface area contributed by atoms with E-state index >= 15 is 0 Å². The van der Waals surface area contributed by atoms with Crippen LogP contribution in [0.3, 0.4) is 0 Å². The van der Waals surface area contributed by atoms with Crippen LogP contribution in [-0.2, 0) is 16.0 Å². The molecule has 8 heteroatoms. The Labute approximate surface area is 197 Å². The van der Waals surface area contributed by atoms with Crippen molar-refractivity contribution >= 4 is 23.3 Å². The fourth-order valence-electron chi connectivity index (χ4n) is 4.82. The molecule has 4 atom stereocenters. The third-order valence-corrected chi connectivity index (χ3v) is 7.13. The molecule has 33 heavy (non-hydrogen) atoms. The molecule has 2 amide bonds.